The van der Waals surface area contributed by atoms with E-state index in [1.165, 1.54) is 51.1 Å². The quantitative estimate of drug-likeness (QED) is 0.430. The van der Waals surface area contributed by atoms with E-state index in [4.69, 9.17) is 17.3 Å². The number of carbonyl (C=O) groups is 2. The van der Waals surface area contributed by atoms with Crippen LogP contribution in [0.15, 0.2) is 42.6 Å². The Morgan fingerprint density at radius 1 is 0.971 bits per heavy atom. The van der Waals surface area contributed by atoms with Crippen molar-refractivity contribution in [2.75, 3.05) is 5.32 Å². The van der Waals surface area contributed by atoms with Crippen molar-refractivity contribution in [2.45, 2.75) is 82.7 Å². The Hall–Kier alpha value is -2.44. The van der Waals surface area contributed by atoms with E-state index in [9.17, 15) is 9.59 Å². The van der Waals surface area contributed by atoms with Gasteiger partial charge in [-0.2, -0.15) is 0 Å². The zero-order valence-corrected chi connectivity index (χ0v) is 21.3. The number of halogens is 1. The standard InChI is InChI=1S/C28H37ClN4O2/c1-18(21-6-13-25(14-7-21)33-28(35)22-8-15-26(29)31-17-22)27(34)32-24-11-4-20(5-12-24)16-19-2-9-23(30)10-3-19/h6-8,13-15,17-20,23-24H,2-5,9-12,16,30H2,1H3,(H,32,34)(H,33,35). The summed E-state index contributed by atoms with van der Waals surface area (Å²) in [5.41, 5.74) is 8.08. The van der Waals surface area contributed by atoms with Crippen LogP contribution in [0.25, 0.3) is 0 Å². The summed E-state index contributed by atoms with van der Waals surface area (Å²) in [6, 6.07) is 11.3. The highest BCUT2D eigenvalue weighted by atomic mass is 35.5. The van der Waals surface area contributed by atoms with Crippen LogP contribution >= 0.6 is 11.6 Å². The van der Waals surface area contributed by atoms with Crippen molar-refractivity contribution in [2.24, 2.45) is 17.6 Å². The number of anilines is 1. The van der Waals surface area contributed by atoms with Gasteiger partial charge in [-0.25, -0.2) is 4.98 Å². The first kappa shape index (κ1) is 25.6. The zero-order valence-electron chi connectivity index (χ0n) is 20.5. The molecule has 0 aliphatic heterocycles. The molecule has 188 valence electrons. The highest BCUT2D eigenvalue weighted by molar-refractivity contribution is 6.29. The minimum atomic E-state index is -0.254. The number of aromatic nitrogens is 1. The first-order chi connectivity index (χ1) is 16.9. The first-order valence-corrected chi connectivity index (χ1v) is 13.3. The number of nitrogens with two attached hydrogens (primary N) is 1. The van der Waals surface area contributed by atoms with Crippen molar-refractivity contribution in [3.63, 3.8) is 0 Å². The summed E-state index contributed by atoms with van der Waals surface area (Å²) in [6.45, 7) is 1.93. The summed E-state index contributed by atoms with van der Waals surface area (Å²) < 4.78 is 0. The second-order valence-electron chi connectivity index (χ2n) is 10.4. The van der Waals surface area contributed by atoms with Crippen LogP contribution in [-0.4, -0.2) is 28.9 Å². The monoisotopic (exact) mass is 496 g/mol. The van der Waals surface area contributed by atoms with Crippen LogP contribution in [0.4, 0.5) is 5.69 Å². The third-order valence-electron chi connectivity index (χ3n) is 7.80. The second kappa shape index (κ2) is 12.0. The van der Waals surface area contributed by atoms with Crippen LogP contribution in [0.1, 0.15) is 86.6 Å². The zero-order chi connectivity index (χ0) is 24.8. The van der Waals surface area contributed by atoms with Gasteiger partial charge >= 0.3 is 0 Å². The van der Waals surface area contributed by atoms with Gasteiger partial charge in [0.1, 0.15) is 5.15 Å². The van der Waals surface area contributed by atoms with Gasteiger partial charge in [0.15, 0.2) is 0 Å². The van der Waals surface area contributed by atoms with Gasteiger partial charge in [-0.1, -0.05) is 23.7 Å². The molecule has 4 N–H and O–H groups in total. The van der Waals surface area contributed by atoms with Crippen LogP contribution in [-0.2, 0) is 4.79 Å². The molecule has 2 aromatic rings. The number of amides is 2. The van der Waals surface area contributed by atoms with E-state index in [1.807, 2.05) is 31.2 Å². The third-order valence-corrected chi connectivity index (χ3v) is 8.03. The lowest BCUT2D eigenvalue weighted by atomic mass is 9.76. The lowest BCUT2D eigenvalue weighted by Crippen LogP contribution is -2.40. The Labute approximate surface area is 213 Å². The summed E-state index contributed by atoms with van der Waals surface area (Å²) >= 11 is 5.78. The predicted molar refractivity (Wildman–Crippen MR) is 140 cm³/mol. The molecular formula is C28H37ClN4O2. The molecular weight excluding hydrogens is 460 g/mol. The van der Waals surface area contributed by atoms with Crippen molar-refractivity contribution >= 4 is 29.1 Å². The van der Waals surface area contributed by atoms with Crippen molar-refractivity contribution < 1.29 is 9.59 Å². The summed E-state index contributed by atoms with van der Waals surface area (Å²) in [6.07, 6.45) is 12.3. The van der Waals surface area contributed by atoms with E-state index < -0.39 is 0 Å². The Bertz CT molecular complexity index is 979. The summed E-state index contributed by atoms with van der Waals surface area (Å²) in [5.74, 6) is 1.21. The number of rotatable bonds is 7. The minimum Gasteiger partial charge on any atom is -0.353 e. The molecule has 0 spiro atoms. The smallest absolute Gasteiger partial charge is 0.257 e. The first-order valence-electron chi connectivity index (χ1n) is 13.0. The molecule has 2 amide bonds. The number of nitrogens with one attached hydrogen (secondary N) is 2. The van der Waals surface area contributed by atoms with Gasteiger partial charge in [0.2, 0.25) is 5.91 Å². The maximum absolute atomic E-state index is 12.9. The molecule has 7 heteroatoms. The van der Waals surface area contributed by atoms with Crippen molar-refractivity contribution in [3.8, 4) is 0 Å². The molecule has 0 radical (unpaired) electrons. The molecule has 2 aliphatic rings. The van der Waals surface area contributed by atoms with Crippen molar-refractivity contribution in [3.05, 3.63) is 58.9 Å². The summed E-state index contributed by atoms with van der Waals surface area (Å²) in [7, 11) is 0. The molecule has 2 saturated carbocycles. The molecule has 1 unspecified atom stereocenters. The molecule has 0 bridgehead atoms. The Morgan fingerprint density at radius 3 is 2.20 bits per heavy atom. The normalized spacial score (nSPS) is 25.5. The molecule has 1 aromatic heterocycles. The highest BCUT2D eigenvalue weighted by Crippen LogP contribution is 2.35. The Balaban J connectivity index is 1.21. The fraction of sp³-hybridized carbons (Fsp3) is 0.536. The van der Waals surface area contributed by atoms with Gasteiger partial charge in [-0.15, -0.1) is 0 Å². The van der Waals surface area contributed by atoms with E-state index >= 15 is 0 Å². The van der Waals surface area contributed by atoms with Crippen LogP contribution in [0, 0.1) is 11.8 Å². The molecule has 35 heavy (non-hydrogen) atoms. The van der Waals surface area contributed by atoms with Gasteiger partial charge in [-0.3, -0.25) is 9.59 Å². The molecule has 1 atom stereocenters. The molecule has 1 aromatic carbocycles. The predicted octanol–water partition coefficient (Wildman–Crippen LogP) is 5.67. The van der Waals surface area contributed by atoms with Gasteiger partial charge in [0.05, 0.1) is 11.5 Å². The maximum Gasteiger partial charge on any atom is 0.257 e. The molecule has 2 fully saturated rings. The van der Waals surface area contributed by atoms with E-state index in [2.05, 4.69) is 15.6 Å². The fourth-order valence-electron chi connectivity index (χ4n) is 5.48. The number of carbonyl (C=O) groups excluding carboxylic acids is 2. The average molecular weight is 497 g/mol. The summed E-state index contributed by atoms with van der Waals surface area (Å²) in [4.78, 5) is 29.2. The van der Waals surface area contributed by atoms with Gasteiger partial charge in [-0.05, 0) is 106 Å². The molecule has 0 saturated heterocycles. The number of nitrogens with zero attached hydrogens (tertiary/aromatic N) is 1. The third kappa shape index (κ3) is 7.28. The number of pyridine rings is 1. The van der Waals surface area contributed by atoms with Crippen LogP contribution in [0.5, 0.6) is 0 Å². The number of hydrogen-bond acceptors (Lipinski definition) is 4. The van der Waals surface area contributed by atoms with Gasteiger partial charge < -0.3 is 16.4 Å². The van der Waals surface area contributed by atoms with E-state index in [-0.39, 0.29) is 23.8 Å². The average Bonchev–Trinajstić information content (AvgIpc) is 2.87. The molecule has 2 aliphatic carbocycles. The lowest BCUT2D eigenvalue weighted by Gasteiger charge is -2.34. The van der Waals surface area contributed by atoms with Crippen LogP contribution < -0.4 is 16.4 Å². The number of benzene rings is 1. The van der Waals surface area contributed by atoms with Crippen molar-refractivity contribution in [1.82, 2.24) is 10.3 Å². The Kier molecular flexibility index (Phi) is 8.79. The maximum atomic E-state index is 12.9. The fourth-order valence-corrected chi connectivity index (χ4v) is 5.60. The van der Waals surface area contributed by atoms with Crippen LogP contribution in [0.3, 0.4) is 0 Å². The topological polar surface area (TPSA) is 97.1 Å². The van der Waals surface area contributed by atoms with Gasteiger partial charge in [0.25, 0.3) is 5.91 Å². The van der Waals surface area contributed by atoms with E-state index in [1.54, 1.807) is 12.1 Å². The molecule has 6 nitrogen and oxygen atoms in total. The Morgan fingerprint density at radius 2 is 1.60 bits per heavy atom. The second-order valence-corrected chi connectivity index (χ2v) is 10.8. The SMILES string of the molecule is CC(C(=O)NC1CCC(CC2CCC(N)CC2)CC1)c1ccc(NC(=O)c2ccc(Cl)nc2)cc1. The van der Waals surface area contributed by atoms with E-state index in [0.717, 1.165) is 30.2 Å². The minimum absolute atomic E-state index is 0.0683. The largest absolute Gasteiger partial charge is 0.353 e. The molecule has 1 heterocycles. The lowest BCUT2D eigenvalue weighted by molar-refractivity contribution is -0.123. The van der Waals surface area contributed by atoms with Crippen molar-refractivity contribution in [1.29, 1.82) is 0 Å². The summed E-state index contributed by atoms with van der Waals surface area (Å²) in [5, 5.41) is 6.47. The molecule has 4 rings (SSSR count). The van der Waals surface area contributed by atoms with Gasteiger partial charge in [0, 0.05) is 24.0 Å². The number of hydrogen-bond donors (Lipinski definition) is 3. The van der Waals surface area contributed by atoms with E-state index in [0.29, 0.717) is 22.4 Å². The highest BCUT2D eigenvalue weighted by Gasteiger charge is 2.27. The van der Waals surface area contributed by atoms with Crippen LogP contribution in [0.2, 0.25) is 5.15 Å².